The van der Waals surface area contributed by atoms with Crippen LogP contribution in [0.5, 0.6) is 5.88 Å². The molecule has 0 bridgehead atoms. The molecule has 0 amide bonds. The predicted molar refractivity (Wildman–Crippen MR) is 99.4 cm³/mol. The van der Waals surface area contributed by atoms with Crippen molar-refractivity contribution in [1.82, 2.24) is 34.5 Å². The average molecular weight is 363 g/mol. The lowest BCUT2D eigenvalue weighted by molar-refractivity contribution is 0.238. The molecule has 0 saturated heterocycles. The molecule has 0 aromatic carbocycles. The van der Waals surface area contributed by atoms with Crippen LogP contribution in [-0.4, -0.2) is 41.1 Å². The Bertz CT molecular complexity index is 1060. The Hall–Kier alpha value is -3.03. The molecule has 0 aliphatic heterocycles. The van der Waals surface area contributed by atoms with Gasteiger partial charge in [-0.3, -0.25) is 9.38 Å². The van der Waals surface area contributed by atoms with Gasteiger partial charge < -0.3 is 9.72 Å². The molecule has 4 aromatic heterocycles. The Morgan fingerprint density at radius 1 is 1.19 bits per heavy atom. The van der Waals surface area contributed by atoms with Crippen LogP contribution in [0.4, 0.5) is 0 Å². The van der Waals surface area contributed by atoms with Crippen molar-refractivity contribution >= 4 is 16.8 Å². The van der Waals surface area contributed by atoms with E-state index in [1.165, 1.54) is 0 Å². The number of hydrogen-bond donors (Lipinski definition) is 1. The number of rotatable bonds is 5. The Morgan fingerprint density at radius 2 is 2.15 bits per heavy atom. The number of H-pyrrole nitrogens is 1. The van der Waals surface area contributed by atoms with Crippen LogP contribution in [0.2, 0.25) is 0 Å². The molecular weight excluding hydrogens is 342 g/mol. The second-order valence-electron chi connectivity index (χ2n) is 7.19. The monoisotopic (exact) mass is 363 g/mol. The van der Waals surface area contributed by atoms with E-state index in [1.54, 1.807) is 24.8 Å². The second-order valence-corrected chi connectivity index (χ2v) is 7.19. The number of fused-ring (bicyclic) bond motifs is 3. The maximum absolute atomic E-state index is 5.86. The second kappa shape index (κ2) is 6.61. The van der Waals surface area contributed by atoms with Gasteiger partial charge in [-0.15, -0.1) is 10.2 Å². The summed E-state index contributed by atoms with van der Waals surface area (Å²) in [5.41, 5.74) is 2.69. The zero-order chi connectivity index (χ0) is 18.2. The highest BCUT2D eigenvalue weighted by Crippen LogP contribution is 2.44. The zero-order valence-electron chi connectivity index (χ0n) is 15.1. The topological polar surface area (TPSA) is 93.9 Å². The lowest BCUT2D eigenvalue weighted by Gasteiger charge is -2.16. The highest BCUT2D eigenvalue weighted by molar-refractivity contribution is 5.74. The molecule has 3 atom stereocenters. The summed E-state index contributed by atoms with van der Waals surface area (Å²) in [6.45, 7) is 2.91. The largest absolute Gasteiger partial charge is 0.476 e. The molecule has 138 valence electrons. The van der Waals surface area contributed by atoms with Crippen molar-refractivity contribution in [2.45, 2.75) is 32.1 Å². The number of aromatic nitrogens is 7. The van der Waals surface area contributed by atoms with Crippen molar-refractivity contribution in [3.63, 3.8) is 0 Å². The number of aromatic amines is 1. The van der Waals surface area contributed by atoms with Crippen LogP contribution in [0.25, 0.3) is 16.8 Å². The van der Waals surface area contributed by atoms with Crippen LogP contribution < -0.4 is 4.74 Å². The first kappa shape index (κ1) is 16.2. The summed E-state index contributed by atoms with van der Waals surface area (Å²) in [6.07, 6.45) is 11.9. The van der Waals surface area contributed by atoms with Gasteiger partial charge in [0.05, 0.1) is 24.5 Å². The van der Waals surface area contributed by atoms with E-state index in [1.807, 2.05) is 12.3 Å². The van der Waals surface area contributed by atoms with Crippen LogP contribution in [0, 0.1) is 11.8 Å². The van der Waals surface area contributed by atoms with E-state index in [9.17, 15) is 0 Å². The van der Waals surface area contributed by atoms with Gasteiger partial charge in [-0.05, 0) is 30.7 Å². The molecule has 4 aromatic rings. The third kappa shape index (κ3) is 2.81. The number of nitrogens with zero attached hydrogens (tertiary/aromatic N) is 6. The van der Waals surface area contributed by atoms with E-state index in [0.717, 1.165) is 41.9 Å². The molecule has 27 heavy (non-hydrogen) atoms. The van der Waals surface area contributed by atoms with Crippen molar-refractivity contribution in [1.29, 1.82) is 0 Å². The maximum Gasteiger partial charge on any atom is 0.232 e. The lowest BCUT2D eigenvalue weighted by atomic mass is 9.93. The fourth-order valence-corrected chi connectivity index (χ4v) is 4.35. The zero-order valence-corrected chi connectivity index (χ0v) is 15.1. The van der Waals surface area contributed by atoms with Crippen LogP contribution in [0.1, 0.15) is 37.9 Å². The van der Waals surface area contributed by atoms with Crippen molar-refractivity contribution < 1.29 is 4.74 Å². The SMILES string of the molecule is CC[C@@H]1C[C@H](COc2cnccn2)C[C@@H]1c1nnc2cnc3[nH]ccc3n12. The number of ether oxygens (including phenoxy) is 1. The van der Waals surface area contributed by atoms with Gasteiger partial charge in [-0.25, -0.2) is 9.97 Å². The Balaban J connectivity index is 1.42. The Labute approximate surface area is 156 Å². The van der Waals surface area contributed by atoms with Crippen molar-refractivity contribution in [3.05, 3.63) is 42.9 Å². The molecule has 1 aliphatic carbocycles. The fourth-order valence-electron chi connectivity index (χ4n) is 4.35. The molecule has 5 rings (SSSR count). The average Bonchev–Trinajstić information content (AvgIpc) is 3.43. The predicted octanol–water partition coefficient (Wildman–Crippen LogP) is 2.99. The van der Waals surface area contributed by atoms with Gasteiger partial charge in [0.1, 0.15) is 5.82 Å². The van der Waals surface area contributed by atoms with Gasteiger partial charge in [-0.1, -0.05) is 13.3 Å². The van der Waals surface area contributed by atoms with Crippen molar-refractivity contribution in [2.24, 2.45) is 11.8 Å². The molecule has 1 saturated carbocycles. The highest BCUT2D eigenvalue weighted by atomic mass is 16.5. The molecule has 1 fully saturated rings. The molecule has 1 aliphatic rings. The molecule has 1 N–H and O–H groups in total. The van der Waals surface area contributed by atoms with E-state index in [2.05, 4.69) is 41.5 Å². The van der Waals surface area contributed by atoms with Crippen LogP contribution in [0.3, 0.4) is 0 Å². The molecule has 0 unspecified atom stereocenters. The summed E-state index contributed by atoms with van der Waals surface area (Å²) in [6, 6.07) is 2.03. The first-order valence-corrected chi connectivity index (χ1v) is 9.39. The summed E-state index contributed by atoms with van der Waals surface area (Å²) in [7, 11) is 0. The summed E-state index contributed by atoms with van der Waals surface area (Å²) < 4.78 is 8.01. The molecule has 8 heteroatoms. The van der Waals surface area contributed by atoms with Crippen molar-refractivity contribution in [2.75, 3.05) is 6.61 Å². The smallest absolute Gasteiger partial charge is 0.232 e. The number of hydrogen-bond acceptors (Lipinski definition) is 6. The van der Waals surface area contributed by atoms with E-state index >= 15 is 0 Å². The van der Waals surface area contributed by atoms with Gasteiger partial charge in [0.15, 0.2) is 11.3 Å². The van der Waals surface area contributed by atoms with Gasteiger partial charge >= 0.3 is 0 Å². The first-order valence-electron chi connectivity index (χ1n) is 9.39. The molecule has 4 heterocycles. The molecule has 8 nitrogen and oxygen atoms in total. The first-order chi connectivity index (χ1) is 13.3. The summed E-state index contributed by atoms with van der Waals surface area (Å²) in [4.78, 5) is 15.8. The van der Waals surface area contributed by atoms with E-state index in [-0.39, 0.29) is 0 Å². The fraction of sp³-hybridized carbons (Fsp3) is 0.421. The van der Waals surface area contributed by atoms with Gasteiger partial charge in [-0.2, -0.15) is 0 Å². The molecule has 0 spiro atoms. The van der Waals surface area contributed by atoms with E-state index in [4.69, 9.17) is 4.74 Å². The minimum atomic E-state index is 0.362. The lowest BCUT2D eigenvalue weighted by Crippen LogP contribution is -2.10. The maximum atomic E-state index is 5.86. The summed E-state index contributed by atoms with van der Waals surface area (Å²) >= 11 is 0. The third-order valence-electron chi connectivity index (χ3n) is 5.62. The van der Waals surface area contributed by atoms with Crippen LogP contribution in [0.15, 0.2) is 37.1 Å². The van der Waals surface area contributed by atoms with Gasteiger partial charge in [0.25, 0.3) is 0 Å². The normalized spacial score (nSPS) is 22.6. The molecule has 0 radical (unpaired) electrons. The van der Waals surface area contributed by atoms with Gasteiger partial charge in [0, 0.05) is 24.5 Å². The van der Waals surface area contributed by atoms with E-state index < -0.39 is 0 Å². The minimum Gasteiger partial charge on any atom is -0.476 e. The number of nitrogens with one attached hydrogen (secondary N) is 1. The summed E-state index contributed by atoms with van der Waals surface area (Å²) in [5, 5.41) is 8.92. The Morgan fingerprint density at radius 3 is 3.00 bits per heavy atom. The molecular formula is C19H21N7O. The van der Waals surface area contributed by atoms with Gasteiger partial charge in [0.2, 0.25) is 5.88 Å². The van der Waals surface area contributed by atoms with Crippen molar-refractivity contribution in [3.8, 4) is 5.88 Å². The summed E-state index contributed by atoms with van der Waals surface area (Å²) in [5.74, 6) is 3.02. The van der Waals surface area contributed by atoms with Crippen LogP contribution >= 0.6 is 0 Å². The Kier molecular flexibility index (Phi) is 3.95. The standard InChI is InChI=1S/C19H21N7O/c1-2-13-7-12(11-27-17-10-20-5-6-21-17)8-14(13)19-25-24-16-9-23-18-15(26(16)19)3-4-22-18/h3-6,9-10,12-14,22H,2,7-8,11H2,1H3/t12-,13+,14-/m0/s1. The quantitative estimate of drug-likeness (QED) is 0.586. The van der Waals surface area contributed by atoms with Crippen LogP contribution in [-0.2, 0) is 0 Å². The highest BCUT2D eigenvalue weighted by Gasteiger charge is 2.37. The minimum absolute atomic E-state index is 0.362. The van der Waals surface area contributed by atoms with E-state index in [0.29, 0.717) is 30.2 Å². The third-order valence-corrected chi connectivity index (χ3v) is 5.62.